The molecule has 4 rings (SSSR count). The number of amides is 2. The van der Waals surface area contributed by atoms with Crippen LogP contribution in [-0.2, 0) is 14.8 Å². The predicted molar refractivity (Wildman–Crippen MR) is 108 cm³/mol. The second kappa shape index (κ2) is 8.19. The molecular weight excluding hydrogens is 426 g/mol. The van der Waals surface area contributed by atoms with Gasteiger partial charge in [0.05, 0.1) is 17.3 Å². The number of carbonyl (C=O) groups excluding carboxylic acids is 2. The van der Waals surface area contributed by atoms with Crippen molar-refractivity contribution in [1.29, 1.82) is 0 Å². The van der Waals surface area contributed by atoms with E-state index in [1.165, 1.54) is 10.4 Å². The van der Waals surface area contributed by atoms with Crippen molar-refractivity contribution < 1.29 is 27.5 Å². The first-order chi connectivity index (χ1) is 14.8. The summed E-state index contributed by atoms with van der Waals surface area (Å²) in [7, 11) is -3.78. The molecule has 1 unspecified atom stereocenters. The fourth-order valence-electron chi connectivity index (χ4n) is 3.75. The number of aryl methyl sites for hydroxylation is 2. The molecule has 3 N–H and O–H groups in total. The summed E-state index contributed by atoms with van der Waals surface area (Å²) in [6, 6.07) is 4.69. The Hall–Kier alpha value is -3.12. The van der Waals surface area contributed by atoms with E-state index in [1.807, 2.05) is 0 Å². The van der Waals surface area contributed by atoms with Gasteiger partial charge in [0.1, 0.15) is 4.90 Å². The molecule has 2 aliphatic rings. The van der Waals surface area contributed by atoms with E-state index in [0.29, 0.717) is 47.8 Å². The highest BCUT2D eigenvalue weighted by molar-refractivity contribution is 7.89. The minimum Gasteiger partial charge on any atom is -0.454 e. The number of nitrogens with zero attached hydrogens (tertiary/aromatic N) is 2. The fourth-order valence-corrected chi connectivity index (χ4v) is 5.61. The summed E-state index contributed by atoms with van der Waals surface area (Å²) in [4.78, 5) is 25.1. The molecule has 12 heteroatoms. The zero-order valence-electron chi connectivity index (χ0n) is 17.1. The smallest absolute Gasteiger partial charge is 0.269 e. The molecule has 31 heavy (non-hydrogen) atoms. The Labute approximate surface area is 179 Å². The molecule has 1 fully saturated rings. The number of fused-ring (bicyclic) bond motifs is 1. The van der Waals surface area contributed by atoms with E-state index in [4.69, 9.17) is 9.47 Å². The summed E-state index contributed by atoms with van der Waals surface area (Å²) in [5, 5.41) is 6.64. The fraction of sp³-hybridized carbons (Fsp3) is 0.421. The van der Waals surface area contributed by atoms with Gasteiger partial charge in [-0.25, -0.2) is 8.42 Å². The predicted octanol–water partition coefficient (Wildman–Crippen LogP) is 0.617. The van der Waals surface area contributed by atoms with Crippen LogP contribution in [0.15, 0.2) is 23.1 Å². The Morgan fingerprint density at radius 2 is 1.97 bits per heavy atom. The molecule has 0 bridgehead atoms. The minimum absolute atomic E-state index is 0.0259. The molecule has 1 aromatic carbocycles. The molecule has 11 nitrogen and oxygen atoms in total. The molecule has 0 spiro atoms. The van der Waals surface area contributed by atoms with Crippen molar-refractivity contribution in [1.82, 2.24) is 25.4 Å². The van der Waals surface area contributed by atoms with Gasteiger partial charge in [0.25, 0.3) is 5.91 Å². The topological polar surface area (TPSA) is 143 Å². The Morgan fingerprint density at radius 3 is 2.71 bits per heavy atom. The van der Waals surface area contributed by atoms with Gasteiger partial charge in [-0.15, -0.1) is 0 Å². The zero-order chi connectivity index (χ0) is 22.2. The van der Waals surface area contributed by atoms with Crippen molar-refractivity contribution in [2.45, 2.75) is 31.6 Å². The third-order valence-electron chi connectivity index (χ3n) is 5.35. The molecule has 1 atom stereocenters. The number of aromatic amines is 1. The van der Waals surface area contributed by atoms with Crippen LogP contribution >= 0.6 is 0 Å². The van der Waals surface area contributed by atoms with E-state index in [0.717, 1.165) is 0 Å². The van der Waals surface area contributed by atoms with Crippen LogP contribution in [0.25, 0.3) is 0 Å². The zero-order valence-corrected chi connectivity index (χ0v) is 17.9. The molecule has 0 aliphatic carbocycles. The molecular formula is C19H23N5O6S. The van der Waals surface area contributed by atoms with Crippen molar-refractivity contribution >= 4 is 21.8 Å². The number of nitrogens with one attached hydrogen (secondary N) is 3. The number of piperidine rings is 1. The van der Waals surface area contributed by atoms with Crippen LogP contribution in [0.4, 0.5) is 0 Å². The molecule has 2 amide bonds. The van der Waals surface area contributed by atoms with E-state index < -0.39 is 27.8 Å². The Balaban J connectivity index is 1.38. The van der Waals surface area contributed by atoms with Gasteiger partial charge in [0.15, 0.2) is 11.5 Å². The molecule has 1 saturated heterocycles. The summed E-state index contributed by atoms with van der Waals surface area (Å²) in [6.07, 6.45) is 1.05. The van der Waals surface area contributed by atoms with Crippen molar-refractivity contribution in [3.05, 3.63) is 35.2 Å². The molecule has 2 aliphatic heterocycles. The molecule has 1 aromatic heterocycles. The number of aromatic nitrogens is 2. The lowest BCUT2D eigenvalue weighted by Crippen LogP contribution is -2.50. The van der Waals surface area contributed by atoms with Gasteiger partial charge >= 0.3 is 0 Å². The molecule has 3 heterocycles. The monoisotopic (exact) mass is 449 g/mol. The molecule has 0 radical (unpaired) electrons. The van der Waals surface area contributed by atoms with Gasteiger partial charge in [0.2, 0.25) is 22.7 Å². The molecule has 0 saturated carbocycles. The Morgan fingerprint density at radius 1 is 1.19 bits per heavy atom. The first kappa shape index (κ1) is 21.1. The lowest BCUT2D eigenvalue weighted by molar-refractivity contribution is -0.126. The molecule has 2 aromatic rings. The maximum Gasteiger partial charge on any atom is 0.269 e. The summed E-state index contributed by atoms with van der Waals surface area (Å²) >= 11 is 0. The van der Waals surface area contributed by atoms with E-state index in [9.17, 15) is 18.0 Å². The van der Waals surface area contributed by atoms with Gasteiger partial charge in [-0.3, -0.25) is 25.5 Å². The highest BCUT2D eigenvalue weighted by Crippen LogP contribution is 2.32. The van der Waals surface area contributed by atoms with Gasteiger partial charge in [-0.1, -0.05) is 0 Å². The van der Waals surface area contributed by atoms with Gasteiger partial charge in [-0.05, 0) is 44.9 Å². The van der Waals surface area contributed by atoms with Crippen LogP contribution in [0.2, 0.25) is 0 Å². The number of carbonyl (C=O) groups is 2. The number of ether oxygens (including phenoxy) is 2. The maximum absolute atomic E-state index is 13.0. The first-order valence-corrected chi connectivity index (χ1v) is 11.2. The average Bonchev–Trinajstić information content (AvgIpc) is 3.37. The summed E-state index contributed by atoms with van der Waals surface area (Å²) < 4.78 is 37.8. The summed E-state index contributed by atoms with van der Waals surface area (Å²) in [5.74, 6) is -0.552. The van der Waals surface area contributed by atoms with E-state index in [2.05, 4.69) is 21.0 Å². The molecule has 166 valence electrons. The van der Waals surface area contributed by atoms with Gasteiger partial charge < -0.3 is 9.47 Å². The second-order valence-corrected chi connectivity index (χ2v) is 9.35. The lowest BCUT2D eigenvalue weighted by atomic mass is 9.99. The van der Waals surface area contributed by atoms with Crippen LogP contribution in [0.5, 0.6) is 11.5 Å². The van der Waals surface area contributed by atoms with Crippen molar-refractivity contribution in [2.24, 2.45) is 5.92 Å². The van der Waals surface area contributed by atoms with Crippen molar-refractivity contribution in [3.8, 4) is 11.5 Å². The number of sulfonamides is 1. The van der Waals surface area contributed by atoms with Crippen LogP contribution < -0.4 is 20.3 Å². The maximum atomic E-state index is 13.0. The van der Waals surface area contributed by atoms with Gasteiger partial charge in [0, 0.05) is 18.7 Å². The Bertz CT molecular complexity index is 1110. The number of hydrogen-bond acceptors (Lipinski definition) is 7. The van der Waals surface area contributed by atoms with Crippen LogP contribution in [0, 0.1) is 19.8 Å². The largest absolute Gasteiger partial charge is 0.454 e. The minimum atomic E-state index is -3.78. The van der Waals surface area contributed by atoms with Crippen LogP contribution in [0.3, 0.4) is 0 Å². The quantitative estimate of drug-likeness (QED) is 0.581. The average molecular weight is 449 g/mol. The normalized spacial score (nSPS) is 18.6. The van der Waals surface area contributed by atoms with Crippen LogP contribution in [0.1, 0.15) is 34.6 Å². The highest BCUT2D eigenvalue weighted by Gasteiger charge is 2.35. The van der Waals surface area contributed by atoms with Crippen LogP contribution in [-0.4, -0.2) is 54.6 Å². The SMILES string of the molecule is Cc1n[nH]c(C)c1S(=O)(=O)N1CCCC(C(=O)NNC(=O)c2ccc3c(c2)OCO3)C1. The van der Waals surface area contributed by atoms with Crippen molar-refractivity contribution in [3.63, 3.8) is 0 Å². The number of hydrogen-bond donors (Lipinski definition) is 3. The number of hydrazine groups is 1. The second-order valence-electron chi connectivity index (χ2n) is 7.48. The number of rotatable bonds is 4. The van der Waals surface area contributed by atoms with Gasteiger partial charge in [-0.2, -0.15) is 9.40 Å². The number of benzene rings is 1. The Kier molecular flexibility index (Phi) is 5.58. The summed E-state index contributed by atoms with van der Waals surface area (Å²) in [6.45, 7) is 3.71. The lowest BCUT2D eigenvalue weighted by Gasteiger charge is -2.31. The first-order valence-electron chi connectivity index (χ1n) is 9.79. The standard InChI is InChI=1S/C19H23N5O6S/c1-11-17(12(2)21-20-11)31(27,28)24-7-3-4-14(9-24)19(26)23-22-18(25)13-5-6-15-16(8-13)30-10-29-15/h5-6,8,14H,3-4,7,9-10H2,1-2H3,(H,20,21)(H,22,25)(H,23,26). The van der Waals surface area contributed by atoms with E-state index in [1.54, 1.807) is 26.0 Å². The van der Waals surface area contributed by atoms with E-state index in [-0.39, 0.29) is 18.2 Å². The third kappa shape index (κ3) is 4.08. The third-order valence-corrected chi connectivity index (χ3v) is 7.48. The van der Waals surface area contributed by atoms with Crippen molar-refractivity contribution in [2.75, 3.05) is 19.9 Å². The number of H-pyrrole nitrogens is 1. The summed E-state index contributed by atoms with van der Waals surface area (Å²) in [5.41, 5.74) is 5.91. The van der Waals surface area contributed by atoms with E-state index >= 15 is 0 Å². The highest BCUT2D eigenvalue weighted by atomic mass is 32.2.